The average Bonchev–Trinajstić information content (AvgIpc) is 1.72. The van der Waals surface area contributed by atoms with E-state index in [1.54, 1.807) is 50.4 Å². The van der Waals surface area contributed by atoms with E-state index in [4.69, 9.17) is 17.2 Å². The first-order valence-electron chi connectivity index (χ1n) is 29.5. The number of nitrogens with zero attached hydrogens (tertiary/aromatic N) is 1. The Balaban J connectivity index is 1.30. The van der Waals surface area contributed by atoms with Crippen molar-refractivity contribution in [1.82, 2.24) is 63.7 Å². The molecule has 494 valence electrons. The molecule has 0 saturated carbocycles. The van der Waals surface area contributed by atoms with E-state index in [-0.39, 0.29) is 74.9 Å². The van der Waals surface area contributed by atoms with Gasteiger partial charge >= 0.3 is 6.03 Å². The maximum Gasteiger partial charge on any atom is 0.334 e. The second kappa shape index (κ2) is 35.4. The summed E-state index contributed by atoms with van der Waals surface area (Å²) < 4.78 is 0. The second-order valence-electron chi connectivity index (χ2n) is 22.3. The summed E-state index contributed by atoms with van der Waals surface area (Å²) in [6.07, 6.45) is -1.23. The first-order chi connectivity index (χ1) is 43.7. The number of carbonyl (C=O) groups excluding carboxylic acids is 11. The van der Waals surface area contributed by atoms with Crippen molar-refractivity contribution in [3.63, 3.8) is 0 Å². The minimum atomic E-state index is -1.91. The Kier molecular flexibility index (Phi) is 27.7. The van der Waals surface area contributed by atoms with Crippen molar-refractivity contribution in [2.24, 2.45) is 28.1 Å². The lowest BCUT2D eigenvalue weighted by molar-refractivity contribution is -0.137. The van der Waals surface area contributed by atoms with E-state index in [0.29, 0.717) is 22.3 Å². The van der Waals surface area contributed by atoms with Gasteiger partial charge in [0.05, 0.1) is 12.5 Å². The molecule has 0 radical (unpaired) electrons. The van der Waals surface area contributed by atoms with Crippen LogP contribution in [0.5, 0.6) is 11.5 Å². The lowest BCUT2D eigenvalue weighted by atomic mass is 10.0. The van der Waals surface area contributed by atoms with E-state index in [1.165, 1.54) is 62.5 Å². The zero-order chi connectivity index (χ0) is 67.6. The van der Waals surface area contributed by atoms with Gasteiger partial charge in [-0.25, -0.2) is 10.2 Å². The fourth-order valence-corrected chi connectivity index (χ4v) is 9.60. The topological polar surface area (TPSA) is 487 Å². The molecule has 12 amide bonds. The van der Waals surface area contributed by atoms with Crippen LogP contribution in [0.15, 0.2) is 114 Å². The molecule has 5 rings (SSSR count). The number of urea groups is 1. The van der Waals surface area contributed by atoms with Gasteiger partial charge in [0, 0.05) is 63.3 Å². The molecule has 0 fully saturated rings. The van der Waals surface area contributed by atoms with Gasteiger partial charge in [0.1, 0.15) is 59.8 Å². The number of phenols is 2. The average molecular weight is 1280 g/mol. The molecule has 0 aliphatic carbocycles. The summed E-state index contributed by atoms with van der Waals surface area (Å²) in [6, 6.07) is 13.8. The summed E-state index contributed by atoms with van der Waals surface area (Å²) in [5.74, 6) is -9.75. The molecule has 0 aliphatic rings. The highest BCUT2D eigenvalue weighted by Crippen LogP contribution is 2.20. The summed E-state index contributed by atoms with van der Waals surface area (Å²) in [7, 11) is 1.48. The number of guanidine groups is 1. The molecule has 9 atom stereocenters. The second-order valence-corrected chi connectivity index (χ2v) is 22.3. The van der Waals surface area contributed by atoms with Crippen LogP contribution in [0.3, 0.4) is 0 Å². The molecule has 21 N–H and O–H groups in total. The number of benzene rings is 4. The Labute approximate surface area is 530 Å². The summed E-state index contributed by atoms with van der Waals surface area (Å²) in [5.41, 5.74) is 24.4. The van der Waals surface area contributed by atoms with E-state index in [1.807, 2.05) is 24.3 Å². The normalized spacial score (nSPS) is 14.2. The van der Waals surface area contributed by atoms with Gasteiger partial charge < -0.3 is 85.4 Å². The number of H-pyrrole nitrogens is 1. The SMILES string of the molecule is CN=C(N)NCCC[C@H](NC(=O)[C@H](CC(C)C)NC(=O)NNC(=O)[C@H](Cc1ccccc1)NC(=O)[C@@H](NC(=O)[C@H](CC(N)=O)NC(=O)[C@@H](Cc1ccc(O)cc1)NC(=O)[C@@H](Cc1ccc(O)cc1)NC(C)=O)[C@@H](C)O)C(=O)N[C@@H](Cc1c[nH]c2ccccc12)C(N)=O. The van der Waals surface area contributed by atoms with E-state index in [9.17, 15) is 68.1 Å². The van der Waals surface area contributed by atoms with Crippen LogP contribution in [0.1, 0.15) is 75.6 Å². The van der Waals surface area contributed by atoms with E-state index < -0.39 is 126 Å². The molecule has 30 heteroatoms. The van der Waals surface area contributed by atoms with E-state index in [0.717, 1.165) is 17.8 Å². The van der Waals surface area contributed by atoms with Crippen LogP contribution >= 0.6 is 0 Å². The number of hydrazine groups is 1. The number of para-hydroxylation sites is 1. The number of nitrogens with one attached hydrogen (secondary N) is 12. The third-order valence-electron chi connectivity index (χ3n) is 14.3. The third-order valence-corrected chi connectivity index (χ3v) is 14.3. The molecule has 0 aliphatic heterocycles. The summed E-state index contributed by atoms with van der Waals surface area (Å²) in [5, 5.41) is 54.5. The molecular weight excluding hydrogens is 1190 g/mol. The number of aliphatic hydroxyl groups excluding tert-OH is 1. The molecule has 0 bridgehead atoms. The van der Waals surface area contributed by atoms with Gasteiger partial charge in [0.25, 0.3) is 5.91 Å². The smallest absolute Gasteiger partial charge is 0.334 e. The monoisotopic (exact) mass is 1270 g/mol. The van der Waals surface area contributed by atoms with Gasteiger partial charge in [-0.05, 0) is 84.7 Å². The Hall–Kier alpha value is -10.8. The lowest BCUT2D eigenvalue weighted by Crippen LogP contribution is -2.62. The fourth-order valence-electron chi connectivity index (χ4n) is 9.60. The molecule has 1 aromatic heterocycles. The molecular formula is C62H82N16O14. The number of primary amides is 2. The lowest BCUT2D eigenvalue weighted by Gasteiger charge is -2.28. The molecule has 4 aromatic carbocycles. The number of phenolic OH excluding ortho intramolecular Hbond substituents is 2. The molecule has 0 spiro atoms. The highest BCUT2D eigenvalue weighted by atomic mass is 16.3. The maximum atomic E-state index is 14.3. The molecule has 0 unspecified atom stereocenters. The standard InChI is InChI=1S/C62H82N16O14/c1-33(2)26-46(55(86)70-44(16-11-25-67-61(65)66-5)54(85)71-45(53(64)84)30-39-32-68-43-15-10-9-14-42(39)43)75-62(92)78-77-59(90)49(27-36-12-7-6-8-13-36)74-60(91)52(34(3)79)76-58(89)50(31-51(63)83)73-57(88)48(29-38-19-23-41(82)24-20-38)72-56(87)47(69-35(4)80)28-37-17-21-40(81)22-18-37/h6-10,12-15,17-24,32-34,44-50,52,68,79,81-82H,11,16,25-31H2,1-5H3,(H2,63,83)(H2,64,84)(H,69,80)(H,70,86)(H,71,85)(H,72,87)(H,73,88)(H,74,91)(H,76,89)(H,77,90)(H3,65,66,67)(H2,75,78,92)/t34-,44+,45+,46+,47-,48-,49+,50+,52+/m1/s1. The van der Waals surface area contributed by atoms with Crippen LogP contribution in [0.2, 0.25) is 0 Å². The van der Waals surface area contributed by atoms with E-state index in [2.05, 4.69) is 68.7 Å². The molecule has 0 saturated heterocycles. The minimum absolute atomic E-state index is 0.00829. The Morgan fingerprint density at radius 1 is 0.522 bits per heavy atom. The van der Waals surface area contributed by atoms with Crippen molar-refractivity contribution in [2.75, 3.05) is 13.6 Å². The quantitative estimate of drug-likeness (QED) is 0.00941. The zero-order valence-electron chi connectivity index (χ0n) is 51.5. The zero-order valence-corrected chi connectivity index (χ0v) is 51.5. The largest absolute Gasteiger partial charge is 0.508 e. The Morgan fingerprint density at radius 3 is 1.57 bits per heavy atom. The number of nitrogens with two attached hydrogens (primary N) is 3. The van der Waals surface area contributed by atoms with Crippen LogP contribution < -0.4 is 75.9 Å². The van der Waals surface area contributed by atoms with Crippen molar-refractivity contribution >= 4 is 82.0 Å². The summed E-state index contributed by atoms with van der Waals surface area (Å²) in [6.45, 7) is 6.05. The fraction of sp³-hybridized carbons (Fsp3) is 0.387. The third kappa shape index (κ3) is 23.6. The summed E-state index contributed by atoms with van der Waals surface area (Å²) in [4.78, 5) is 157. The number of fused-ring (bicyclic) bond motifs is 1. The predicted molar refractivity (Wildman–Crippen MR) is 337 cm³/mol. The first kappa shape index (κ1) is 72.0. The van der Waals surface area contributed by atoms with E-state index >= 15 is 0 Å². The molecule has 30 nitrogen and oxygen atoms in total. The molecule has 92 heavy (non-hydrogen) atoms. The number of rotatable bonds is 33. The summed E-state index contributed by atoms with van der Waals surface area (Å²) >= 11 is 0. The van der Waals surface area contributed by atoms with Gasteiger partial charge in [0.15, 0.2) is 5.96 Å². The highest BCUT2D eigenvalue weighted by Gasteiger charge is 2.36. The number of aromatic hydroxyl groups is 2. The van der Waals surface area contributed by atoms with Crippen LogP contribution in [-0.4, -0.2) is 159 Å². The van der Waals surface area contributed by atoms with Gasteiger partial charge in [-0.1, -0.05) is 86.6 Å². The van der Waals surface area contributed by atoms with Crippen molar-refractivity contribution in [1.29, 1.82) is 0 Å². The van der Waals surface area contributed by atoms with Crippen molar-refractivity contribution in [3.05, 3.63) is 132 Å². The van der Waals surface area contributed by atoms with Crippen LogP contribution in [0.25, 0.3) is 10.9 Å². The number of hydrogen-bond acceptors (Lipinski definition) is 15. The highest BCUT2D eigenvalue weighted by molar-refractivity contribution is 5.99. The Bertz CT molecular complexity index is 3400. The number of aliphatic imine (C=N–C) groups is 1. The number of aliphatic hydroxyl groups is 1. The van der Waals surface area contributed by atoms with Crippen molar-refractivity contribution in [2.45, 2.75) is 134 Å². The first-order valence-corrected chi connectivity index (χ1v) is 29.5. The number of aromatic nitrogens is 1. The maximum absolute atomic E-state index is 14.3. The molecule has 5 aromatic rings. The Morgan fingerprint density at radius 2 is 1.01 bits per heavy atom. The predicted octanol–water partition coefficient (Wildman–Crippen LogP) is -1.94. The van der Waals surface area contributed by atoms with Crippen molar-refractivity contribution in [3.8, 4) is 11.5 Å². The number of aromatic amines is 1. The van der Waals surface area contributed by atoms with Gasteiger partial charge in [-0.15, -0.1) is 0 Å². The van der Waals surface area contributed by atoms with Crippen molar-refractivity contribution < 1.29 is 68.1 Å². The number of hydrogen-bond donors (Lipinski definition) is 18. The van der Waals surface area contributed by atoms with Crippen LogP contribution in [-0.2, 0) is 73.6 Å². The van der Waals surface area contributed by atoms with Gasteiger partial charge in [-0.3, -0.25) is 58.4 Å². The molecule has 1 heterocycles. The minimum Gasteiger partial charge on any atom is -0.508 e. The van der Waals surface area contributed by atoms with Crippen LogP contribution in [0, 0.1) is 5.92 Å². The number of amides is 12. The van der Waals surface area contributed by atoms with Crippen LogP contribution in [0.4, 0.5) is 4.79 Å². The number of carbonyl (C=O) groups is 11. The van der Waals surface area contributed by atoms with Gasteiger partial charge in [-0.2, -0.15) is 0 Å². The van der Waals surface area contributed by atoms with Gasteiger partial charge in [0.2, 0.25) is 53.2 Å².